The molecule has 3 aromatic rings. The van der Waals surface area contributed by atoms with E-state index in [9.17, 15) is 19.4 Å². The van der Waals surface area contributed by atoms with E-state index >= 15 is 0 Å². The Morgan fingerprint density at radius 1 is 1.30 bits per heavy atom. The normalized spacial score (nSPS) is 25.4. The van der Waals surface area contributed by atoms with Gasteiger partial charge in [0.05, 0.1) is 34.9 Å². The van der Waals surface area contributed by atoms with Gasteiger partial charge in [-0.1, -0.05) is 11.6 Å². The van der Waals surface area contributed by atoms with Crippen LogP contribution in [-0.2, 0) is 19.2 Å². The lowest BCUT2D eigenvalue weighted by molar-refractivity contribution is 0.0144. The molecule has 1 aromatic carbocycles. The van der Waals surface area contributed by atoms with Gasteiger partial charge in [0.25, 0.3) is 5.91 Å². The number of imidazole rings is 1. The van der Waals surface area contributed by atoms with Crippen LogP contribution < -0.4 is 11.1 Å². The van der Waals surface area contributed by atoms with E-state index in [1.165, 1.54) is 18.2 Å². The van der Waals surface area contributed by atoms with Crippen molar-refractivity contribution in [2.45, 2.75) is 63.2 Å². The fraction of sp³-hybridized carbons (Fsp3) is 0.500. The van der Waals surface area contributed by atoms with E-state index < -0.39 is 17.0 Å². The van der Waals surface area contributed by atoms with Crippen LogP contribution in [-0.4, -0.2) is 41.1 Å². The minimum Gasteiger partial charge on any atom is -0.389 e. The zero-order chi connectivity index (χ0) is 26.7. The first kappa shape index (κ1) is 25.7. The third-order valence-corrected chi connectivity index (χ3v) is 7.89. The molecule has 1 amide bonds. The van der Waals surface area contributed by atoms with Crippen molar-refractivity contribution in [2.24, 2.45) is 18.9 Å². The smallest absolute Gasteiger partial charge is 0.274 e. The van der Waals surface area contributed by atoms with Gasteiger partial charge in [-0.15, -0.1) is 0 Å². The zero-order valence-corrected chi connectivity index (χ0v) is 21.8. The van der Waals surface area contributed by atoms with Crippen LogP contribution in [0.15, 0.2) is 30.6 Å². The Kier molecular flexibility index (Phi) is 6.32. The Labute approximate surface area is 219 Å². The molecule has 11 heteroatoms. The number of hydrogen-bond acceptors (Lipinski definition) is 6. The topological polar surface area (TPSA) is 131 Å². The Bertz CT molecular complexity index is 1330. The number of nitrogens with one attached hydrogen (secondary N) is 1. The van der Waals surface area contributed by atoms with Crippen LogP contribution in [0.25, 0.3) is 0 Å². The average Bonchev–Trinajstić information content (AvgIpc) is 3.51. The second-order valence-electron chi connectivity index (χ2n) is 11.2. The van der Waals surface area contributed by atoms with Gasteiger partial charge in [-0.3, -0.25) is 9.48 Å². The quantitative estimate of drug-likeness (QED) is 0.383. The van der Waals surface area contributed by atoms with Crippen molar-refractivity contribution < 1.29 is 19.4 Å². The van der Waals surface area contributed by atoms with Crippen molar-refractivity contribution in [2.75, 3.05) is 11.1 Å². The van der Waals surface area contributed by atoms with E-state index in [1.54, 1.807) is 42.5 Å². The molecular formula is C26H32ClFN6O3. The molecule has 2 heterocycles. The summed E-state index contributed by atoms with van der Waals surface area (Å²) in [6, 6.07) is 5.75. The summed E-state index contributed by atoms with van der Waals surface area (Å²) >= 11 is 5.86. The van der Waals surface area contributed by atoms with Gasteiger partial charge < -0.3 is 25.8 Å². The number of anilines is 2. The Balaban J connectivity index is 1.32. The third kappa shape index (κ3) is 4.97. The summed E-state index contributed by atoms with van der Waals surface area (Å²) in [4.78, 5) is 17.7. The van der Waals surface area contributed by atoms with Crippen LogP contribution in [0.2, 0.25) is 5.02 Å². The van der Waals surface area contributed by atoms with Gasteiger partial charge in [-0.05, 0) is 69.6 Å². The molecule has 0 saturated heterocycles. The first-order valence-electron chi connectivity index (χ1n) is 12.4. The van der Waals surface area contributed by atoms with E-state index in [0.717, 1.165) is 18.5 Å². The van der Waals surface area contributed by atoms with E-state index in [0.29, 0.717) is 35.7 Å². The number of amides is 1. The maximum atomic E-state index is 13.5. The number of aliphatic hydroxyl groups is 2. The molecule has 5 N–H and O–H groups in total. The lowest BCUT2D eigenvalue weighted by atomic mass is 9.90. The minimum atomic E-state index is -1.08. The number of carbonyl (C=O) groups excluding carboxylic acids is 1. The van der Waals surface area contributed by atoms with Gasteiger partial charge in [-0.2, -0.15) is 5.10 Å². The maximum absolute atomic E-state index is 13.5. The van der Waals surface area contributed by atoms with Gasteiger partial charge >= 0.3 is 0 Å². The highest BCUT2D eigenvalue weighted by Gasteiger charge is 2.52. The number of hydrogen-bond donors (Lipinski definition) is 4. The van der Waals surface area contributed by atoms with Gasteiger partial charge in [0, 0.05) is 24.7 Å². The number of benzene rings is 1. The molecule has 2 fully saturated rings. The Morgan fingerprint density at radius 3 is 2.59 bits per heavy atom. The highest BCUT2D eigenvalue weighted by Crippen LogP contribution is 2.57. The van der Waals surface area contributed by atoms with Crippen LogP contribution in [0.3, 0.4) is 0 Å². The molecule has 9 nitrogen and oxygen atoms in total. The SMILES string of the molecule is Cn1cnc(C2CC3CC(O)(c4cc(N)nn4CC(C)(C)O)CC3C2)c1C(=O)Nc1ccc(F)c(Cl)c1. The molecule has 2 saturated carbocycles. The summed E-state index contributed by atoms with van der Waals surface area (Å²) in [7, 11) is 1.77. The lowest BCUT2D eigenvalue weighted by Gasteiger charge is -2.27. The number of fused-ring (bicyclic) bond motifs is 1. The number of halogens is 2. The van der Waals surface area contributed by atoms with Crippen molar-refractivity contribution >= 4 is 29.0 Å². The fourth-order valence-electron chi connectivity index (χ4n) is 6.18. The van der Waals surface area contributed by atoms with Crippen molar-refractivity contribution in [3.63, 3.8) is 0 Å². The maximum Gasteiger partial charge on any atom is 0.274 e. The largest absolute Gasteiger partial charge is 0.389 e. The van der Waals surface area contributed by atoms with Crippen LogP contribution in [0.4, 0.5) is 15.9 Å². The molecule has 0 bridgehead atoms. The standard InChI is InChI=1S/C26H32ClFN6O3/c1-25(2,36)12-34-20(9-21(29)32-34)26(37)10-15-6-14(7-16(15)11-26)22-23(33(3)13-30-22)24(35)31-17-4-5-19(28)18(27)8-17/h4-5,8-9,13-16,36-37H,6-7,10-12H2,1-3H3,(H2,29,32)(H,31,35). The zero-order valence-electron chi connectivity index (χ0n) is 21.1. The van der Waals surface area contributed by atoms with Gasteiger partial charge in [0.1, 0.15) is 22.9 Å². The first-order valence-corrected chi connectivity index (χ1v) is 12.8. The van der Waals surface area contributed by atoms with Gasteiger partial charge in [0.2, 0.25) is 0 Å². The van der Waals surface area contributed by atoms with E-state index in [-0.39, 0.29) is 35.2 Å². The number of nitrogen functional groups attached to an aromatic ring is 1. The molecule has 2 aliphatic rings. The molecule has 5 rings (SSSR count). The molecule has 198 valence electrons. The number of nitrogens with zero attached hydrogens (tertiary/aromatic N) is 4. The van der Waals surface area contributed by atoms with Crippen LogP contribution in [0.1, 0.15) is 67.3 Å². The Morgan fingerprint density at radius 2 is 1.97 bits per heavy atom. The predicted molar refractivity (Wildman–Crippen MR) is 138 cm³/mol. The lowest BCUT2D eigenvalue weighted by Crippen LogP contribution is -2.33. The second-order valence-corrected chi connectivity index (χ2v) is 11.6. The van der Waals surface area contributed by atoms with Crippen molar-refractivity contribution in [1.82, 2.24) is 19.3 Å². The van der Waals surface area contributed by atoms with Crippen molar-refractivity contribution in [3.8, 4) is 0 Å². The molecule has 2 aliphatic carbocycles. The summed E-state index contributed by atoms with van der Waals surface area (Å²) in [6.45, 7) is 3.61. The molecule has 2 unspecified atom stereocenters. The Hall–Kier alpha value is -2.95. The minimum absolute atomic E-state index is 0.0650. The molecule has 0 spiro atoms. The van der Waals surface area contributed by atoms with E-state index in [4.69, 9.17) is 17.3 Å². The average molecular weight is 531 g/mol. The van der Waals surface area contributed by atoms with E-state index in [1.807, 2.05) is 0 Å². The second kappa shape index (κ2) is 9.11. The number of rotatable bonds is 6. The number of nitrogens with two attached hydrogens (primary N) is 1. The van der Waals surface area contributed by atoms with E-state index in [2.05, 4.69) is 15.4 Å². The fourth-order valence-corrected chi connectivity index (χ4v) is 6.36. The molecule has 2 aromatic heterocycles. The van der Waals surface area contributed by atoms with Crippen molar-refractivity contribution in [3.05, 3.63) is 58.5 Å². The molecule has 37 heavy (non-hydrogen) atoms. The molecule has 0 radical (unpaired) electrons. The summed E-state index contributed by atoms with van der Waals surface area (Å²) in [5, 5.41) is 29.0. The van der Waals surface area contributed by atoms with Crippen molar-refractivity contribution in [1.29, 1.82) is 0 Å². The summed E-state index contributed by atoms with van der Waals surface area (Å²) in [5.41, 5.74) is 6.09. The summed E-state index contributed by atoms with van der Waals surface area (Å²) < 4.78 is 16.8. The number of aromatic nitrogens is 4. The van der Waals surface area contributed by atoms with Crippen LogP contribution >= 0.6 is 11.6 Å². The molecule has 0 aliphatic heterocycles. The van der Waals surface area contributed by atoms with Gasteiger partial charge in [0.15, 0.2) is 0 Å². The number of aryl methyl sites for hydroxylation is 1. The van der Waals surface area contributed by atoms with Crippen LogP contribution in [0, 0.1) is 17.7 Å². The summed E-state index contributed by atoms with van der Waals surface area (Å²) in [6.07, 6.45) is 4.31. The molecule has 2 atom stereocenters. The highest BCUT2D eigenvalue weighted by molar-refractivity contribution is 6.31. The predicted octanol–water partition coefficient (Wildman–Crippen LogP) is 3.81. The first-order chi connectivity index (χ1) is 17.3. The number of carbonyl (C=O) groups is 1. The third-order valence-electron chi connectivity index (χ3n) is 7.60. The molecular weight excluding hydrogens is 499 g/mol. The monoisotopic (exact) mass is 530 g/mol. The summed E-state index contributed by atoms with van der Waals surface area (Å²) in [5.74, 6) is -0.00805. The van der Waals surface area contributed by atoms with Crippen LogP contribution in [0.5, 0.6) is 0 Å². The highest BCUT2D eigenvalue weighted by atomic mass is 35.5. The van der Waals surface area contributed by atoms with Gasteiger partial charge in [-0.25, -0.2) is 9.37 Å².